The van der Waals surface area contributed by atoms with Gasteiger partial charge in [-0.15, -0.1) is 10.2 Å². The molecule has 176 valence electrons. The molecule has 3 aromatic rings. The first-order valence-electron chi connectivity index (χ1n) is 10.8. The van der Waals surface area contributed by atoms with Gasteiger partial charge >= 0.3 is 0 Å². The summed E-state index contributed by atoms with van der Waals surface area (Å²) in [5.41, 5.74) is 1.39. The number of benzene rings is 2. The molecule has 2 aromatic carbocycles. The molecule has 0 bridgehead atoms. The van der Waals surface area contributed by atoms with Crippen LogP contribution >= 0.6 is 11.3 Å². The number of nitrogens with one attached hydrogen (secondary N) is 1. The van der Waals surface area contributed by atoms with Crippen molar-refractivity contribution in [2.45, 2.75) is 43.6 Å². The number of nitrogens with two attached hydrogens (primary N) is 1. The van der Waals surface area contributed by atoms with Crippen LogP contribution in [0.25, 0.3) is 10.6 Å². The van der Waals surface area contributed by atoms with Gasteiger partial charge in [-0.3, -0.25) is 4.79 Å². The maximum atomic E-state index is 12.2. The zero-order valence-corrected chi connectivity index (χ0v) is 20.1. The summed E-state index contributed by atoms with van der Waals surface area (Å²) in [7, 11) is -3.74. The number of sulfonamides is 1. The number of hydrogen-bond donors (Lipinski definition) is 2. The number of primary sulfonamides is 1. The van der Waals surface area contributed by atoms with E-state index in [-0.39, 0.29) is 16.9 Å². The van der Waals surface area contributed by atoms with Gasteiger partial charge in [0, 0.05) is 24.3 Å². The Labute approximate surface area is 198 Å². The van der Waals surface area contributed by atoms with Crippen LogP contribution < -0.4 is 10.5 Å². The van der Waals surface area contributed by atoms with Gasteiger partial charge in [-0.1, -0.05) is 55.0 Å². The molecule has 1 heterocycles. The lowest BCUT2D eigenvalue weighted by Gasteiger charge is -2.15. The highest BCUT2D eigenvalue weighted by molar-refractivity contribution is 7.89. The van der Waals surface area contributed by atoms with Gasteiger partial charge in [0.1, 0.15) is 16.1 Å². The van der Waals surface area contributed by atoms with Gasteiger partial charge in [-0.05, 0) is 43.5 Å². The van der Waals surface area contributed by atoms with Crippen molar-refractivity contribution in [2.24, 2.45) is 5.14 Å². The molecular weight excluding hydrogens is 460 g/mol. The van der Waals surface area contributed by atoms with Crippen molar-refractivity contribution in [3.05, 3.63) is 65.2 Å². The Kier molecular flexibility index (Phi) is 9.07. The van der Waals surface area contributed by atoms with Crippen LogP contribution in [0.2, 0.25) is 0 Å². The predicted molar refractivity (Wildman–Crippen MR) is 128 cm³/mol. The maximum Gasteiger partial charge on any atom is 0.251 e. The molecule has 8 nitrogen and oxygen atoms in total. The Morgan fingerprint density at radius 3 is 2.48 bits per heavy atom. The first-order valence-corrected chi connectivity index (χ1v) is 13.2. The van der Waals surface area contributed by atoms with Crippen molar-refractivity contribution in [2.75, 3.05) is 13.2 Å². The molecule has 0 saturated carbocycles. The number of unbranched alkanes of at least 4 members (excludes halogenated alkanes) is 1. The second-order valence-electron chi connectivity index (χ2n) is 7.49. The Balaban J connectivity index is 1.62. The van der Waals surface area contributed by atoms with Crippen LogP contribution in [0.5, 0.6) is 0 Å². The number of ether oxygens (including phenoxy) is 1. The lowest BCUT2D eigenvalue weighted by atomic mass is 10.2. The minimum Gasteiger partial charge on any atom is -0.371 e. The monoisotopic (exact) mass is 488 g/mol. The fourth-order valence-corrected chi connectivity index (χ4v) is 4.55. The highest BCUT2D eigenvalue weighted by Gasteiger charge is 2.19. The highest BCUT2D eigenvalue weighted by atomic mass is 32.2. The van der Waals surface area contributed by atoms with E-state index in [9.17, 15) is 13.2 Å². The first-order chi connectivity index (χ1) is 15.9. The molecule has 10 heteroatoms. The summed E-state index contributed by atoms with van der Waals surface area (Å²) in [5, 5.41) is 18.1. The Bertz CT molecular complexity index is 1130. The van der Waals surface area contributed by atoms with Gasteiger partial charge in [-0.25, -0.2) is 13.6 Å². The third kappa shape index (κ3) is 7.43. The summed E-state index contributed by atoms with van der Waals surface area (Å²) in [6.45, 7) is 3.25. The molecule has 0 fully saturated rings. The molecule has 1 atom stereocenters. The number of carbonyl (C=O) groups is 1. The summed E-state index contributed by atoms with van der Waals surface area (Å²) in [6.07, 6.45) is 3.17. The smallest absolute Gasteiger partial charge is 0.251 e. The van der Waals surface area contributed by atoms with E-state index >= 15 is 0 Å². The second-order valence-corrected chi connectivity index (χ2v) is 10.1. The first kappa shape index (κ1) is 25.0. The van der Waals surface area contributed by atoms with Crippen LogP contribution in [0.15, 0.2) is 59.5 Å². The van der Waals surface area contributed by atoms with E-state index in [0.717, 1.165) is 29.8 Å². The standard InChI is InChI=1S/C23H28N4O4S2/c1-2-3-16-31-20(10-7-15-25-21(28)17-8-5-4-6-9-17)23-27-26-22(32-23)18-11-13-19(14-12-18)33(24,29)30/h4-6,8-9,11-14,20H,2-3,7,10,15-16H2,1H3,(H,25,28)(H2,24,29,30). The van der Waals surface area contributed by atoms with E-state index < -0.39 is 10.0 Å². The van der Waals surface area contributed by atoms with Crippen molar-refractivity contribution in [1.82, 2.24) is 15.5 Å². The van der Waals surface area contributed by atoms with Crippen LogP contribution in [-0.4, -0.2) is 37.7 Å². The summed E-state index contributed by atoms with van der Waals surface area (Å²) in [5.74, 6) is -0.0970. The minimum atomic E-state index is -3.74. The fourth-order valence-electron chi connectivity index (χ4n) is 3.10. The predicted octanol–water partition coefficient (Wildman–Crippen LogP) is 3.92. The van der Waals surface area contributed by atoms with Crippen LogP contribution in [0.3, 0.4) is 0 Å². The van der Waals surface area contributed by atoms with Crippen LogP contribution in [-0.2, 0) is 14.8 Å². The van der Waals surface area contributed by atoms with Gasteiger partial charge in [0.15, 0.2) is 0 Å². The third-order valence-electron chi connectivity index (χ3n) is 4.93. The van der Waals surface area contributed by atoms with Crippen molar-refractivity contribution in [1.29, 1.82) is 0 Å². The maximum absolute atomic E-state index is 12.2. The van der Waals surface area contributed by atoms with Gasteiger partial charge < -0.3 is 10.1 Å². The summed E-state index contributed by atoms with van der Waals surface area (Å²) in [4.78, 5) is 12.3. The largest absolute Gasteiger partial charge is 0.371 e. The molecule has 3 N–H and O–H groups in total. The lowest BCUT2D eigenvalue weighted by molar-refractivity contribution is 0.0427. The van der Waals surface area contributed by atoms with E-state index in [4.69, 9.17) is 9.88 Å². The Hall–Kier alpha value is -2.66. The molecule has 0 spiro atoms. The summed E-state index contributed by atoms with van der Waals surface area (Å²) in [6, 6.07) is 15.3. The van der Waals surface area contributed by atoms with Crippen LogP contribution in [0.1, 0.15) is 54.1 Å². The normalized spacial score (nSPS) is 12.4. The molecule has 0 aliphatic heterocycles. The number of carbonyl (C=O) groups excluding carboxylic acids is 1. The van der Waals surface area contributed by atoms with Crippen molar-refractivity contribution >= 4 is 27.3 Å². The Morgan fingerprint density at radius 2 is 1.82 bits per heavy atom. The second kappa shape index (κ2) is 12.0. The van der Waals surface area contributed by atoms with Gasteiger partial charge in [0.05, 0.1) is 4.90 Å². The molecule has 0 aliphatic rings. The van der Waals surface area contributed by atoms with Gasteiger partial charge in [0.2, 0.25) is 10.0 Å². The van der Waals surface area contributed by atoms with E-state index in [1.54, 1.807) is 24.3 Å². The number of rotatable bonds is 12. The molecule has 0 aliphatic carbocycles. The molecule has 1 amide bonds. The fraction of sp³-hybridized carbons (Fsp3) is 0.348. The van der Waals surface area contributed by atoms with Crippen LogP contribution in [0, 0.1) is 0 Å². The topological polar surface area (TPSA) is 124 Å². The number of aromatic nitrogens is 2. The zero-order chi connectivity index (χ0) is 23.7. The number of hydrogen-bond acceptors (Lipinski definition) is 7. The van der Waals surface area contributed by atoms with Crippen molar-refractivity contribution in [3.63, 3.8) is 0 Å². The van der Waals surface area contributed by atoms with E-state index in [0.29, 0.717) is 30.1 Å². The van der Waals surface area contributed by atoms with Gasteiger partial charge in [-0.2, -0.15) is 0 Å². The quantitative estimate of drug-likeness (QED) is 0.372. The average Bonchev–Trinajstić information content (AvgIpc) is 3.31. The van der Waals surface area contributed by atoms with E-state index in [2.05, 4.69) is 22.4 Å². The SMILES string of the molecule is CCCCOC(CCCNC(=O)c1ccccc1)c1nnc(-c2ccc(S(N)(=O)=O)cc2)s1. The van der Waals surface area contributed by atoms with Gasteiger partial charge in [0.25, 0.3) is 5.91 Å². The molecule has 0 radical (unpaired) electrons. The van der Waals surface area contributed by atoms with E-state index in [1.807, 2.05) is 18.2 Å². The zero-order valence-electron chi connectivity index (χ0n) is 18.4. The van der Waals surface area contributed by atoms with Crippen LogP contribution in [0.4, 0.5) is 0 Å². The Morgan fingerprint density at radius 1 is 1.09 bits per heavy atom. The van der Waals surface area contributed by atoms with E-state index in [1.165, 1.54) is 23.5 Å². The lowest BCUT2D eigenvalue weighted by Crippen LogP contribution is -2.24. The summed E-state index contributed by atoms with van der Waals surface area (Å²) < 4.78 is 29.0. The summed E-state index contributed by atoms with van der Waals surface area (Å²) >= 11 is 1.41. The molecule has 3 rings (SSSR count). The molecule has 1 unspecified atom stereocenters. The minimum absolute atomic E-state index is 0.0503. The number of nitrogens with zero attached hydrogens (tertiary/aromatic N) is 2. The molecule has 1 aromatic heterocycles. The highest BCUT2D eigenvalue weighted by Crippen LogP contribution is 2.31. The number of amides is 1. The average molecular weight is 489 g/mol. The third-order valence-corrected chi connectivity index (χ3v) is 6.92. The van der Waals surface area contributed by atoms with Crippen molar-refractivity contribution < 1.29 is 17.9 Å². The molecular formula is C23H28N4O4S2. The molecule has 33 heavy (non-hydrogen) atoms. The molecule has 0 saturated heterocycles. The van der Waals surface area contributed by atoms with Crippen molar-refractivity contribution in [3.8, 4) is 10.6 Å².